The van der Waals surface area contributed by atoms with Gasteiger partial charge in [-0.2, -0.15) is 0 Å². The van der Waals surface area contributed by atoms with Crippen molar-refractivity contribution in [1.29, 1.82) is 0 Å². The average Bonchev–Trinajstić information content (AvgIpc) is 3.24. The lowest BCUT2D eigenvalue weighted by atomic mass is 9.93. The Balaban J connectivity index is 1.51. The minimum atomic E-state index is -1.05. The minimum absolute atomic E-state index is 0.138. The molecule has 0 saturated heterocycles. The van der Waals surface area contributed by atoms with Crippen LogP contribution in [0.1, 0.15) is 28.5 Å². The lowest BCUT2D eigenvalue weighted by molar-refractivity contribution is -0.133. The van der Waals surface area contributed by atoms with Gasteiger partial charge in [-0.1, -0.05) is 60.7 Å². The third kappa shape index (κ3) is 4.16. The van der Waals surface area contributed by atoms with Crippen LogP contribution in [0.15, 0.2) is 84.9 Å². The first-order valence-corrected chi connectivity index (χ1v) is 11.9. The smallest absolute Gasteiger partial charge is 0.271 e. The number of nitrogens with one attached hydrogen (secondary N) is 1. The Morgan fingerprint density at radius 3 is 2.34 bits per heavy atom. The van der Waals surface area contributed by atoms with E-state index in [1.54, 1.807) is 4.90 Å². The molecule has 0 radical (unpaired) electrons. The van der Waals surface area contributed by atoms with Gasteiger partial charge in [0.15, 0.2) is 0 Å². The van der Waals surface area contributed by atoms with Crippen LogP contribution in [0.2, 0.25) is 0 Å². The Hall–Kier alpha value is -4.06. The summed E-state index contributed by atoms with van der Waals surface area (Å²) in [5.74, 6) is -0.301. The van der Waals surface area contributed by atoms with Gasteiger partial charge in [0.1, 0.15) is 11.2 Å². The minimum Gasteiger partial charge on any atom is -0.378 e. The number of hydrogen-bond donors (Lipinski definition) is 1. The van der Waals surface area contributed by atoms with Crippen molar-refractivity contribution in [2.75, 3.05) is 19.0 Å². The van der Waals surface area contributed by atoms with Gasteiger partial charge in [0.25, 0.3) is 5.91 Å². The van der Waals surface area contributed by atoms with Gasteiger partial charge >= 0.3 is 0 Å². The van der Waals surface area contributed by atoms with Crippen LogP contribution in [0.3, 0.4) is 0 Å². The summed E-state index contributed by atoms with van der Waals surface area (Å²) in [4.78, 5) is 31.4. The highest BCUT2D eigenvalue weighted by molar-refractivity contribution is 6.03. The molecule has 3 aromatic carbocycles. The lowest BCUT2D eigenvalue weighted by Crippen LogP contribution is -2.63. The maximum atomic E-state index is 13.9. The number of benzene rings is 3. The third-order valence-corrected chi connectivity index (χ3v) is 6.92. The number of anilines is 1. The predicted molar refractivity (Wildman–Crippen MR) is 139 cm³/mol. The molecule has 0 unspecified atom stereocenters. The zero-order valence-corrected chi connectivity index (χ0v) is 20.4. The molecule has 1 N–H and O–H groups in total. The fourth-order valence-corrected chi connectivity index (χ4v) is 4.80. The molecule has 0 spiro atoms. The zero-order chi connectivity index (χ0) is 24.6. The third-order valence-electron chi connectivity index (χ3n) is 6.92. The molecular formula is C29H30N4O2. The Bertz CT molecular complexity index is 1380. The summed E-state index contributed by atoms with van der Waals surface area (Å²) >= 11 is 0. The summed E-state index contributed by atoms with van der Waals surface area (Å²) in [5, 5.41) is 4.09. The van der Waals surface area contributed by atoms with E-state index in [9.17, 15) is 9.59 Å². The maximum absolute atomic E-state index is 13.9. The van der Waals surface area contributed by atoms with E-state index < -0.39 is 5.54 Å². The van der Waals surface area contributed by atoms with E-state index in [2.05, 4.69) is 5.32 Å². The quantitative estimate of drug-likeness (QED) is 0.457. The van der Waals surface area contributed by atoms with Crippen molar-refractivity contribution in [3.63, 3.8) is 0 Å². The van der Waals surface area contributed by atoms with Gasteiger partial charge < -0.3 is 19.7 Å². The monoisotopic (exact) mass is 466 g/mol. The molecule has 1 atom stereocenters. The fourth-order valence-electron chi connectivity index (χ4n) is 4.80. The number of rotatable bonds is 6. The molecular weight excluding hydrogens is 436 g/mol. The Labute approximate surface area is 205 Å². The number of carbonyl (C=O) groups excluding carboxylic acids is 2. The molecule has 0 aliphatic carbocycles. The number of fused-ring (bicyclic) bond motifs is 3. The van der Waals surface area contributed by atoms with E-state index in [0.717, 1.165) is 27.7 Å². The molecule has 2 heterocycles. The molecule has 1 aromatic heterocycles. The predicted octanol–water partition coefficient (Wildman–Crippen LogP) is 4.44. The summed E-state index contributed by atoms with van der Waals surface area (Å²) in [5.41, 5.74) is 3.61. The Kier molecular flexibility index (Phi) is 5.81. The molecule has 0 bridgehead atoms. The molecule has 0 fully saturated rings. The summed E-state index contributed by atoms with van der Waals surface area (Å²) in [7, 11) is 3.99. The summed E-state index contributed by atoms with van der Waals surface area (Å²) in [6.45, 7) is 3.02. The van der Waals surface area contributed by atoms with Crippen molar-refractivity contribution < 1.29 is 9.59 Å². The van der Waals surface area contributed by atoms with Gasteiger partial charge in [-0.3, -0.25) is 9.59 Å². The Morgan fingerprint density at radius 2 is 1.63 bits per heavy atom. The number of para-hydroxylation sites is 1. The molecule has 2 amide bonds. The SMILES string of the molecule is CN(C)c1ccc(CN2C(=O)c3cc4ccccc4n3C[C@]2(C)C(=O)NCc2ccccc2)cc1. The highest BCUT2D eigenvalue weighted by atomic mass is 16.2. The summed E-state index contributed by atoms with van der Waals surface area (Å²) in [6, 6.07) is 27.8. The Morgan fingerprint density at radius 1 is 0.943 bits per heavy atom. The van der Waals surface area contributed by atoms with Crippen molar-refractivity contribution >= 4 is 28.4 Å². The standard InChI is InChI=1S/C29H30N4O2/c1-29(28(35)30-18-21-9-5-4-6-10-21)20-32-25-12-8-7-11-23(25)17-26(32)27(34)33(29)19-22-13-15-24(16-14-22)31(2)3/h4-17H,18-20H2,1-3H3,(H,30,35)/t29-/m1/s1. The van der Waals surface area contributed by atoms with E-state index in [4.69, 9.17) is 0 Å². The number of carbonyl (C=O) groups is 2. The fraction of sp³-hybridized carbons (Fsp3) is 0.241. The summed E-state index contributed by atoms with van der Waals surface area (Å²) in [6.07, 6.45) is 0. The van der Waals surface area contributed by atoms with E-state index in [-0.39, 0.29) is 11.8 Å². The molecule has 5 rings (SSSR count). The van der Waals surface area contributed by atoms with Crippen molar-refractivity contribution in [2.24, 2.45) is 0 Å². The first kappa shape index (κ1) is 22.7. The first-order chi connectivity index (χ1) is 16.9. The molecule has 178 valence electrons. The second-order valence-corrected chi connectivity index (χ2v) is 9.57. The molecule has 6 heteroatoms. The van der Waals surface area contributed by atoms with Crippen LogP contribution in [0.25, 0.3) is 10.9 Å². The molecule has 35 heavy (non-hydrogen) atoms. The van der Waals surface area contributed by atoms with Crippen molar-refractivity contribution in [3.8, 4) is 0 Å². The second kappa shape index (κ2) is 8.95. The van der Waals surface area contributed by atoms with E-state index in [0.29, 0.717) is 25.3 Å². The largest absolute Gasteiger partial charge is 0.378 e. The van der Waals surface area contributed by atoms with E-state index in [1.165, 1.54) is 0 Å². The second-order valence-electron chi connectivity index (χ2n) is 9.57. The molecule has 0 saturated carbocycles. The van der Waals surface area contributed by atoms with Crippen molar-refractivity contribution in [2.45, 2.75) is 32.1 Å². The zero-order valence-electron chi connectivity index (χ0n) is 20.4. The van der Waals surface area contributed by atoms with Gasteiger partial charge in [-0.25, -0.2) is 0 Å². The van der Waals surface area contributed by atoms with Crippen LogP contribution in [0.4, 0.5) is 5.69 Å². The van der Waals surface area contributed by atoms with Crippen LogP contribution >= 0.6 is 0 Å². The van der Waals surface area contributed by atoms with Crippen LogP contribution in [0, 0.1) is 0 Å². The van der Waals surface area contributed by atoms with Gasteiger partial charge in [0, 0.05) is 43.8 Å². The van der Waals surface area contributed by atoms with Crippen LogP contribution in [-0.2, 0) is 24.4 Å². The van der Waals surface area contributed by atoms with Gasteiger partial charge in [-0.05, 0) is 42.3 Å². The van der Waals surface area contributed by atoms with Crippen molar-refractivity contribution in [3.05, 3.63) is 102 Å². The highest BCUT2D eigenvalue weighted by Crippen LogP contribution is 2.33. The van der Waals surface area contributed by atoms with Gasteiger partial charge in [-0.15, -0.1) is 0 Å². The average molecular weight is 467 g/mol. The van der Waals surface area contributed by atoms with E-state index in [1.807, 2.05) is 115 Å². The summed E-state index contributed by atoms with van der Waals surface area (Å²) < 4.78 is 1.99. The molecule has 1 aliphatic heterocycles. The van der Waals surface area contributed by atoms with Crippen LogP contribution in [-0.4, -0.2) is 40.9 Å². The number of aromatic nitrogens is 1. The van der Waals surface area contributed by atoms with Gasteiger partial charge in [0.2, 0.25) is 5.91 Å². The van der Waals surface area contributed by atoms with Gasteiger partial charge in [0.05, 0.1) is 6.54 Å². The molecule has 1 aliphatic rings. The molecule has 4 aromatic rings. The highest BCUT2D eigenvalue weighted by Gasteiger charge is 2.47. The maximum Gasteiger partial charge on any atom is 0.271 e. The van der Waals surface area contributed by atoms with Crippen molar-refractivity contribution in [1.82, 2.24) is 14.8 Å². The number of amides is 2. The van der Waals surface area contributed by atoms with E-state index >= 15 is 0 Å². The van der Waals surface area contributed by atoms with Crippen LogP contribution < -0.4 is 10.2 Å². The number of nitrogens with zero attached hydrogens (tertiary/aromatic N) is 3. The first-order valence-electron chi connectivity index (χ1n) is 11.9. The normalized spacial score (nSPS) is 17.3. The lowest BCUT2D eigenvalue weighted by Gasteiger charge is -2.44. The molecule has 6 nitrogen and oxygen atoms in total. The van der Waals surface area contributed by atoms with Crippen LogP contribution in [0.5, 0.6) is 0 Å². The number of hydrogen-bond acceptors (Lipinski definition) is 3. The topological polar surface area (TPSA) is 57.6 Å².